The summed E-state index contributed by atoms with van der Waals surface area (Å²) >= 11 is 6.00. The third-order valence-electron chi connectivity index (χ3n) is 5.58. The number of Topliss-reactive ketones (excluding diaryl/α,β-unsaturated/α-hetero) is 1. The first kappa shape index (κ1) is 20.3. The van der Waals surface area contributed by atoms with Crippen LogP contribution in [0.25, 0.3) is 0 Å². The Morgan fingerprint density at radius 1 is 1.27 bits per heavy atom. The van der Waals surface area contributed by atoms with Crippen LogP contribution in [0.15, 0.2) is 42.7 Å². The summed E-state index contributed by atoms with van der Waals surface area (Å²) in [6.45, 7) is 0.695. The molecular formula is C22H22ClN3O4. The van der Waals surface area contributed by atoms with E-state index in [-0.39, 0.29) is 37.0 Å². The lowest BCUT2D eigenvalue weighted by molar-refractivity contribution is -0.135. The van der Waals surface area contributed by atoms with E-state index in [2.05, 4.69) is 10.3 Å². The molecule has 0 bridgehead atoms. The van der Waals surface area contributed by atoms with Gasteiger partial charge in [-0.3, -0.25) is 19.4 Å². The van der Waals surface area contributed by atoms with Gasteiger partial charge in [-0.15, -0.1) is 0 Å². The highest BCUT2D eigenvalue weighted by molar-refractivity contribution is 6.31. The van der Waals surface area contributed by atoms with Gasteiger partial charge in [-0.2, -0.15) is 0 Å². The van der Waals surface area contributed by atoms with Crippen LogP contribution < -0.4 is 10.1 Å². The molecule has 1 N–H and O–H groups in total. The van der Waals surface area contributed by atoms with Crippen molar-refractivity contribution in [3.05, 3.63) is 58.9 Å². The van der Waals surface area contributed by atoms with Crippen LogP contribution >= 0.6 is 11.6 Å². The highest BCUT2D eigenvalue weighted by Gasteiger charge is 2.43. The van der Waals surface area contributed by atoms with Crippen molar-refractivity contribution < 1.29 is 19.1 Å². The van der Waals surface area contributed by atoms with Gasteiger partial charge in [0.25, 0.3) is 0 Å². The molecule has 7 nitrogen and oxygen atoms in total. The predicted molar refractivity (Wildman–Crippen MR) is 110 cm³/mol. The molecule has 4 rings (SSSR count). The Labute approximate surface area is 179 Å². The molecule has 156 valence electrons. The minimum Gasteiger partial charge on any atom is -0.486 e. The SMILES string of the molecule is O=C(CN1CCC2(CCC1=O)CC(=O)c1cc(Cl)ccc1O2)NCc1cccnc1. The van der Waals surface area contributed by atoms with Crippen molar-refractivity contribution in [2.45, 2.75) is 37.8 Å². The molecule has 30 heavy (non-hydrogen) atoms. The number of aromatic nitrogens is 1. The molecule has 1 unspecified atom stereocenters. The van der Waals surface area contributed by atoms with Gasteiger partial charge >= 0.3 is 0 Å². The van der Waals surface area contributed by atoms with Crippen molar-refractivity contribution >= 4 is 29.2 Å². The van der Waals surface area contributed by atoms with Crippen LogP contribution in [0.4, 0.5) is 0 Å². The number of ketones is 1. The van der Waals surface area contributed by atoms with Gasteiger partial charge in [0.15, 0.2) is 5.78 Å². The molecule has 8 heteroatoms. The maximum Gasteiger partial charge on any atom is 0.239 e. The Bertz CT molecular complexity index is 982. The van der Waals surface area contributed by atoms with Crippen molar-refractivity contribution in [3.8, 4) is 5.75 Å². The molecule has 0 aliphatic carbocycles. The van der Waals surface area contributed by atoms with Crippen molar-refractivity contribution in [2.24, 2.45) is 0 Å². The first-order valence-electron chi connectivity index (χ1n) is 9.89. The van der Waals surface area contributed by atoms with Crippen LogP contribution in [-0.4, -0.2) is 46.2 Å². The molecule has 2 amide bonds. The van der Waals surface area contributed by atoms with E-state index in [1.54, 1.807) is 41.6 Å². The average molecular weight is 428 g/mol. The zero-order chi connectivity index (χ0) is 21.1. The summed E-state index contributed by atoms with van der Waals surface area (Å²) in [5.41, 5.74) is 0.643. The van der Waals surface area contributed by atoms with Gasteiger partial charge in [-0.05, 0) is 36.2 Å². The van der Waals surface area contributed by atoms with Gasteiger partial charge in [-0.1, -0.05) is 17.7 Å². The summed E-state index contributed by atoms with van der Waals surface area (Å²) in [5, 5.41) is 3.30. The van der Waals surface area contributed by atoms with Crippen LogP contribution in [0, 0.1) is 0 Å². The van der Waals surface area contributed by atoms with Gasteiger partial charge < -0.3 is 15.0 Å². The number of carbonyl (C=O) groups excluding carboxylic acids is 3. The van der Waals surface area contributed by atoms with E-state index in [0.717, 1.165) is 5.56 Å². The fourth-order valence-electron chi connectivity index (χ4n) is 3.93. The number of pyridine rings is 1. The number of carbonyl (C=O) groups is 3. The fraction of sp³-hybridized carbons (Fsp3) is 0.364. The van der Waals surface area contributed by atoms with Crippen molar-refractivity contribution in [3.63, 3.8) is 0 Å². The van der Waals surface area contributed by atoms with E-state index in [1.165, 1.54) is 0 Å². The van der Waals surface area contributed by atoms with E-state index in [4.69, 9.17) is 16.3 Å². The van der Waals surface area contributed by atoms with Gasteiger partial charge in [0.2, 0.25) is 11.8 Å². The molecule has 2 aliphatic heterocycles. The first-order valence-corrected chi connectivity index (χ1v) is 10.3. The van der Waals surface area contributed by atoms with Crippen LogP contribution in [0.3, 0.4) is 0 Å². The number of amides is 2. The average Bonchev–Trinajstić information content (AvgIpc) is 2.88. The van der Waals surface area contributed by atoms with Crippen LogP contribution in [0.5, 0.6) is 5.75 Å². The Morgan fingerprint density at radius 2 is 2.13 bits per heavy atom. The number of nitrogens with zero attached hydrogens (tertiary/aromatic N) is 2. The second-order valence-corrected chi connectivity index (χ2v) is 8.17. The number of likely N-dealkylation sites (tertiary alicyclic amines) is 1. The molecule has 1 atom stereocenters. The number of rotatable bonds is 4. The second-order valence-electron chi connectivity index (χ2n) is 7.73. The summed E-state index contributed by atoms with van der Waals surface area (Å²) in [4.78, 5) is 43.2. The van der Waals surface area contributed by atoms with Gasteiger partial charge in [0.1, 0.15) is 11.4 Å². The molecule has 0 saturated carbocycles. The third kappa shape index (κ3) is 4.46. The lowest BCUT2D eigenvalue weighted by Gasteiger charge is -2.37. The Kier molecular flexibility index (Phi) is 5.72. The maximum atomic E-state index is 12.7. The molecule has 1 spiro atoms. The predicted octanol–water partition coefficient (Wildman–Crippen LogP) is 2.77. The molecule has 3 heterocycles. The summed E-state index contributed by atoms with van der Waals surface area (Å²) in [6.07, 6.45) is 4.71. The number of hydrogen-bond acceptors (Lipinski definition) is 5. The van der Waals surface area contributed by atoms with Crippen molar-refractivity contribution in [2.75, 3.05) is 13.1 Å². The first-order chi connectivity index (χ1) is 14.4. The third-order valence-corrected chi connectivity index (χ3v) is 5.82. The number of ether oxygens (including phenoxy) is 1. The lowest BCUT2D eigenvalue weighted by atomic mass is 9.84. The van der Waals surface area contributed by atoms with Gasteiger partial charge in [0.05, 0.1) is 18.5 Å². The van der Waals surface area contributed by atoms with E-state index >= 15 is 0 Å². The molecule has 1 aromatic carbocycles. The molecule has 1 aromatic heterocycles. The van der Waals surface area contributed by atoms with Crippen molar-refractivity contribution in [1.29, 1.82) is 0 Å². The topological polar surface area (TPSA) is 88.6 Å². The zero-order valence-electron chi connectivity index (χ0n) is 16.4. The number of benzene rings is 1. The summed E-state index contributed by atoms with van der Waals surface area (Å²) in [6, 6.07) is 8.68. The van der Waals surface area contributed by atoms with Gasteiger partial charge in [0, 0.05) is 43.3 Å². The van der Waals surface area contributed by atoms with Gasteiger partial charge in [-0.25, -0.2) is 0 Å². The molecule has 1 fully saturated rings. The molecular weight excluding hydrogens is 406 g/mol. The second kappa shape index (κ2) is 8.44. The number of nitrogens with one attached hydrogen (secondary N) is 1. The molecule has 1 saturated heterocycles. The molecule has 2 aliphatic rings. The Morgan fingerprint density at radius 3 is 2.93 bits per heavy atom. The summed E-state index contributed by atoms with van der Waals surface area (Å²) in [5.74, 6) is 0.129. The van der Waals surface area contributed by atoms with Crippen molar-refractivity contribution in [1.82, 2.24) is 15.2 Å². The Balaban J connectivity index is 1.39. The van der Waals surface area contributed by atoms with E-state index in [0.29, 0.717) is 42.3 Å². The minimum absolute atomic E-state index is 0.0185. The number of hydrogen-bond donors (Lipinski definition) is 1. The minimum atomic E-state index is -0.728. The fourth-order valence-corrected chi connectivity index (χ4v) is 4.10. The maximum absolute atomic E-state index is 12.7. The monoisotopic (exact) mass is 427 g/mol. The van der Waals surface area contributed by atoms with E-state index in [1.807, 2.05) is 6.07 Å². The summed E-state index contributed by atoms with van der Waals surface area (Å²) < 4.78 is 6.21. The molecule has 0 radical (unpaired) electrons. The normalized spacial score (nSPS) is 21.0. The highest BCUT2D eigenvalue weighted by atomic mass is 35.5. The number of halogens is 1. The highest BCUT2D eigenvalue weighted by Crippen LogP contribution is 2.40. The molecule has 2 aromatic rings. The number of fused-ring (bicyclic) bond motifs is 1. The van der Waals surface area contributed by atoms with Crippen LogP contribution in [0.1, 0.15) is 41.6 Å². The smallest absolute Gasteiger partial charge is 0.239 e. The largest absolute Gasteiger partial charge is 0.486 e. The van der Waals surface area contributed by atoms with Crippen LogP contribution in [-0.2, 0) is 16.1 Å². The summed E-state index contributed by atoms with van der Waals surface area (Å²) in [7, 11) is 0. The quantitative estimate of drug-likeness (QED) is 0.810. The Hall–Kier alpha value is -2.93. The van der Waals surface area contributed by atoms with Crippen LogP contribution in [0.2, 0.25) is 5.02 Å². The lowest BCUT2D eigenvalue weighted by Crippen LogP contribution is -2.44. The standard InChI is InChI=1S/C22H22ClN3O4/c23-16-3-4-19-17(10-16)18(27)11-22(30-19)6-5-21(29)26(9-7-22)14-20(28)25-13-15-2-1-8-24-12-15/h1-4,8,10,12H,5-7,9,11,13-14H2,(H,25,28). The zero-order valence-corrected chi connectivity index (χ0v) is 17.2. The van der Waals surface area contributed by atoms with E-state index < -0.39 is 5.60 Å². The van der Waals surface area contributed by atoms with E-state index in [9.17, 15) is 14.4 Å².